The van der Waals surface area contributed by atoms with Crippen molar-refractivity contribution in [1.82, 2.24) is 29.3 Å². The Balaban J connectivity index is 0.00000116. The molecule has 3 aromatic heterocycles. The summed E-state index contributed by atoms with van der Waals surface area (Å²) in [6.07, 6.45) is 11.2. The third kappa shape index (κ3) is 6.97. The molecular formula is C32H46N6O4. The second-order valence-corrected chi connectivity index (χ2v) is 9.70. The van der Waals surface area contributed by atoms with Gasteiger partial charge in [0.1, 0.15) is 11.8 Å². The molecule has 4 heterocycles. The summed E-state index contributed by atoms with van der Waals surface area (Å²) in [5.41, 5.74) is 4.85. The van der Waals surface area contributed by atoms with Gasteiger partial charge in [-0.3, -0.25) is 0 Å². The topological polar surface area (TPSA) is 101 Å². The van der Waals surface area contributed by atoms with E-state index in [1.807, 2.05) is 65.4 Å². The van der Waals surface area contributed by atoms with Crippen molar-refractivity contribution in [2.75, 3.05) is 13.2 Å². The molecule has 1 N–H and O–H groups in total. The van der Waals surface area contributed by atoms with E-state index in [1.54, 1.807) is 22.6 Å². The highest BCUT2D eigenvalue weighted by Crippen LogP contribution is 2.35. The van der Waals surface area contributed by atoms with Gasteiger partial charge in [-0.25, -0.2) is 14.0 Å². The number of benzene rings is 1. The summed E-state index contributed by atoms with van der Waals surface area (Å²) in [4.78, 5) is 0. The van der Waals surface area contributed by atoms with Crippen LogP contribution in [0.4, 0.5) is 0 Å². The lowest BCUT2D eigenvalue weighted by molar-refractivity contribution is -0.0367. The fourth-order valence-corrected chi connectivity index (χ4v) is 4.91. The third-order valence-corrected chi connectivity index (χ3v) is 7.01. The fourth-order valence-electron chi connectivity index (χ4n) is 4.91. The van der Waals surface area contributed by atoms with Crippen LogP contribution in [0.15, 0.2) is 24.4 Å². The van der Waals surface area contributed by atoms with E-state index in [2.05, 4.69) is 27.3 Å². The Bertz CT molecular complexity index is 1470. The standard InChI is InChI=1S/C28H34N6O4.2C2H6/c1-6-23-21-15-20(10-11-25(21)34(31-23)26-9-7-8-13-36-26)22-16-29-32(4)28(22)38-18(2)12-14-37-27-19(3)24(17-35)30-33(27)5;2*1-2/h1,10-11,15-16,18,26,35H,7-9,12-14,17H2,2-5H3;2*1-2H3. The number of hydrogen-bond donors (Lipinski definition) is 1. The molecule has 1 aliphatic rings. The van der Waals surface area contributed by atoms with Crippen LogP contribution in [0.5, 0.6) is 11.8 Å². The summed E-state index contributed by atoms with van der Waals surface area (Å²) in [6, 6.07) is 6.14. The predicted molar refractivity (Wildman–Crippen MR) is 165 cm³/mol. The quantitative estimate of drug-likeness (QED) is 0.245. The molecule has 10 nitrogen and oxygen atoms in total. The molecule has 1 fully saturated rings. The number of aromatic nitrogens is 6. The Labute approximate surface area is 249 Å². The Morgan fingerprint density at radius 2 is 1.88 bits per heavy atom. The second kappa shape index (κ2) is 15.4. The number of aliphatic hydroxyl groups is 1. The molecule has 0 bridgehead atoms. The van der Waals surface area contributed by atoms with Crippen molar-refractivity contribution in [1.29, 1.82) is 0 Å². The number of rotatable bonds is 9. The van der Waals surface area contributed by atoms with Crippen LogP contribution in [-0.2, 0) is 25.4 Å². The normalized spacial score (nSPS) is 15.2. The second-order valence-electron chi connectivity index (χ2n) is 9.70. The van der Waals surface area contributed by atoms with Crippen LogP contribution in [0.3, 0.4) is 0 Å². The van der Waals surface area contributed by atoms with Gasteiger partial charge in [0, 0.05) is 38.1 Å². The van der Waals surface area contributed by atoms with Gasteiger partial charge in [0.2, 0.25) is 11.8 Å². The van der Waals surface area contributed by atoms with Gasteiger partial charge in [0.15, 0.2) is 6.23 Å². The van der Waals surface area contributed by atoms with E-state index in [0.717, 1.165) is 53.5 Å². The average molecular weight is 579 g/mol. The van der Waals surface area contributed by atoms with E-state index in [0.29, 0.717) is 36.2 Å². The third-order valence-electron chi connectivity index (χ3n) is 7.01. The van der Waals surface area contributed by atoms with Crippen molar-refractivity contribution in [3.63, 3.8) is 0 Å². The minimum atomic E-state index is -0.133. The molecule has 2 unspecified atom stereocenters. The number of aliphatic hydroxyl groups excluding tert-OH is 1. The highest BCUT2D eigenvalue weighted by atomic mass is 16.5. The van der Waals surface area contributed by atoms with Crippen LogP contribution in [0.2, 0.25) is 0 Å². The molecule has 0 aliphatic carbocycles. The number of nitrogens with zero attached hydrogens (tertiary/aromatic N) is 6. The first kappa shape index (κ1) is 32.7. The van der Waals surface area contributed by atoms with Crippen molar-refractivity contribution in [3.05, 3.63) is 41.3 Å². The molecule has 0 radical (unpaired) electrons. The lowest BCUT2D eigenvalue weighted by atomic mass is 10.1. The maximum Gasteiger partial charge on any atom is 0.219 e. The fraction of sp³-hybridized carbons (Fsp3) is 0.531. The molecule has 4 aromatic rings. The molecule has 0 spiro atoms. The number of aryl methyl sites for hydroxylation is 2. The Morgan fingerprint density at radius 3 is 2.52 bits per heavy atom. The Morgan fingerprint density at radius 1 is 1.12 bits per heavy atom. The Kier molecular flexibility index (Phi) is 12.0. The molecule has 228 valence electrons. The molecule has 42 heavy (non-hydrogen) atoms. The van der Waals surface area contributed by atoms with Gasteiger partial charge in [-0.15, -0.1) is 6.42 Å². The first-order valence-corrected chi connectivity index (χ1v) is 15.0. The molecular weight excluding hydrogens is 532 g/mol. The first-order valence-electron chi connectivity index (χ1n) is 15.0. The van der Waals surface area contributed by atoms with Crippen LogP contribution in [0.25, 0.3) is 22.0 Å². The zero-order chi connectivity index (χ0) is 30.8. The SMILES string of the molecule is C#Cc1nn(C2CCCCO2)c2ccc(-c3cnn(C)c3OC(C)CCOc3c(C)c(CO)nn3C)cc12.CC.CC. The average Bonchev–Trinajstić information content (AvgIpc) is 3.67. The molecule has 0 amide bonds. The largest absolute Gasteiger partial charge is 0.477 e. The van der Waals surface area contributed by atoms with Crippen LogP contribution in [0.1, 0.15) is 83.5 Å². The van der Waals surface area contributed by atoms with Crippen LogP contribution in [-0.4, -0.2) is 53.8 Å². The zero-order valence-electron chi connectivity index (χ0n) is 26.3. The van der Waals surface area contributed by atoms with Crippen molar-refractivity contribution < 1.29 is 19.3 Å². The number of hydrogen-bond acceptors (Lipinski definition) is 7. The summed E-state index contributed by atoms with van der Waals surface area (Å²) >= 11 is 0. The van der Waals surface area contributed by atoms with Crippen LogP contribution in [0, 0.1) is 19.3 Å². The lowest BCUT2D eigenvalue weighted by Gasteiger charge is -2.23. The summed E-state index contributed by atoms with van der Waals surface area (Å²) in [6.45, 7) is 13.0. The van der Waals surface area contributed by atoms with E-state index >= 15 is 0 Å². The van der Waals surface area contributed by atoms with Crippen LogP contribution < -0.4 is 9.47 Å². The van der Waals surface area contributed by atoms with E-state index in [1.165, 1.54) is 0 Å². The zero-order valence-corrected chi connectivity index (χ0v) is 26.3. The monoisotopic (exact) mass is 578 g/mol. The number of ether oxygens (including phenoxy) is 3. The summed E-state index contributed by atoms with van der Waals surface area (Å²) in [5.74, 6) is 4.06. The molecule has 2 atom stereocenters. The highest BCUT2D eigenvalue weighted by Gasteiger charge is 2.22. The van der Waals surface area contributed by atoms with Gasteiger partial charge in [-0.1, -0.05) is 33.8 Å². The van der Waals surface area contributed by atoms with Gasteiger partial charge in [0.05, 0.1) is 36.2 Å². The van der Waals surface area contributed by atoms with Gasteiger partial charge < -0.3 is 19.3 Å². The maximum atomic E-state index is 9.43. The van der Waals surface area contributed by atoms with Crippen molar-refractivity contribution >= 4 is 10.9 Å². The predicted octanol–water partition coefficient (Wildman–Crippen LogP) is 5.94. The number of fused-ring (bicyclic) bond motifs is 1. The molecule has 10 heteroatoms. The minimum Gasteiger partial charge on any atom is -0.477 e. The molecule has 1 saturated heterocycles. The van der Waals surface area contributed by atoms with E-state index in [9.17, 15) is 5.11 Å². The smallest absolute Gasteiger partial charge is 0.219 e. The highest BCUT2D eigenvalue weighted by molar-refractivity contribution is 5.89. The van der Waals surface area contributed by atoms with Gasteiger partial charge in [-0.05, 0) is 56.7 Å². The number of terminal acetylenes is 1. The summed E-state index contributed by atoms with van der Waals surface area (Å²) in [7, 11) is 3.67. The summed E-state index contributed by atoms with van der Waals surface area (Å²) in [5, 5.41) is 23.8. The van der Waals surface area contributed by atoms with E-state index < -0.39 is 0 Å². The minimum absolute atomic E-state index is 0.0927. The first-order chi connectivity index (χ1) is 20.4. The van der Waals surface area contributed by atoms with Gasteiger partial charge >= 0.3 is 0 Å². The molecule has 0 saturated carbocycles. The molecule has 5 rings (SSSR count). The molecule has 1 aliphatic heterocycles. The van der Waals surface area contributed by atoms with Gasteiger partial charge in [-0.2, -0.15) is 15.3 Å². The van der Waals surface area contributed by atoms with Crippen LogP contribution >= 0.6 is 0 Å². The van der Waals surface area contributed by atoms with Crippen molar-refractivity contribution in [2.24, 2.45) is 14.1 Å². The van der Waals surface area contributed by atoms with Gasteiger partial charge in [0.25, 0.3) is 0 Å². The van der Waals surface area contributed by atoms with E-state index in [-0.39, 0.29) is 18.9 Å². The Hall–Kier alpha value is -3.81. The lowest BCUT2D eigenvalue weighted by Crippen LogP contribution is -2.19. The summed E-state index contributed by atoms with van der Waals surface area (Å²) < 4.78 is 23.6. The van der Waals surface area contributed by atoms with E-state index in [4.69, 9.17) is 20.6 Å². The van der Waals surface area contributed by atoms with Crippen molar-refractivity contribution in [3.8, 4) is 35.2 Å². The maximum absolute atomic E-state index is 9.43. The molecule has 1 aromatic carbocycles. The van der Waals surface area contributed by atoms with Crippen molar-refractivity contribution in [2.45, 2.75) is 86.2 Å².